The Morgan fingerprint density at radius 3 is 2.61 bits per heavy atom. The monoisotopic (exact) mass is 238 g/mol. The summed E-state index contributed by atoms with van der Waals surface area (Å²) >= 11 is 0. The van der Waals surface area contributed by atoms with Gasteiger partial charge in [-0.1, -0.05) is 6.92 Å². The molecule has 0 saturated heterocycles. The number of fused-ring (bicyclic) bond motifs is 2. The number of hydrogen-bond acceptors (Lipinski definition) is 4. The number of pyridine rings is 2. The molecule has 0 atom stereocenters. The number of hydrogen-bond donors (Lipinski definition) is 0. The van der Waals surface area contributed by atoms with Crippen molar-refractivity contribution in [3.63, 3.8) is 0 Å². The molecule has 0 fully saturated rings. The SMILES string of the molecule is CCc1cnc2c(c1)C(=O)c1cccnc1C2=O. The Hall–Kier alpha value is -2.36. The van der Waals surface area contributed by atoms with Gasteiger partial charge < -0.3 is 0 Å². The largest absolute Gasteiger partial charge is 0.288 e. The van der Waals surface area contributed by atoms with Crippen LogP contribution in [-0.4, -0.2) is 21.5 Å². The van der Waals surface area contributed by atoms with E-state index in [-0.39, 0.29) is 23.0 Å². The van der Waals surface area contributed by atoms with Gasteiger partial charge >= 0.3 is 0 Å². The van der Waals surface area contributed by atoms with Crippen molar-refractivity contribution in [1.29, 1.82) is 0 Å². The molecule has 0 amide bonds. The van der Waals surface area contributed by atoms with E-state index in [1.54, 1.807) is 24.4 Å². The number of ketones is 2. The Kier molecular flexibility index (Phi) is 2.30. The summed E-state index contributed by atoms with van der Waals surface area (Å²) in [5.74, 6) is -0.446. The first-order chi connectivity index (χ1) is 8.72. The molecule has 88 valence electrons. The highest BCUT2D eigenvalue weighted by Crippen LogP contribution is 2.24. The fraction of sp³-hybridized carbons (Fsp3) is 0.143. The van der Waals surface area contributed by atoms with Gasteiger partial charge in [0, 0.05) is 12.4 Å². The van der Waals surface area contributed by atoms with E-state index >= 15 is 0 Å². The van der Waals surface area contributed by atoms with Gasteiger partial charge in [0.2, 0.25) is 5.78 Å². The molecule has 2 heterocycles. The molecule has 0 aromatic carbocycles. The molecule has 0 bridgehead atoms. The zero-order chi connectivity index (χ0) is 12.7. The molecule has 0 unspecified atom stereocenters. The van der Waals surface area contributed by atoms with E-state index < -0.39 is 0 Å². The van der Waals surface area contributed by atoms with Crippen molar-refractivity contribution in [3.8, 4) is 0 Å². The van der Waals surface area contributed by atoms with Crippen LogP contribution < -0.4 is 0 Å². The van der Waals surface area contributed by atoms with Crippen LogP contribution in [0.3, 0.4) is 0 Å². The molecule has 0 N–H and O–H groups in total. The van der Waals surface area contributed by atoms with Crippen LogP contribution in [0.5, 0.6) is 0 Å². The van der Waals surface area contributed by atoms with Gasteiger partial charge in [-0.2, -0.15) is 0 Å². The molecule has 4 heteroatoms. The third kappa shape index (κ3) is 1.39. The van der Waals surface area contributed by atoms with E-state index in [1.807, 2.05) is 6.92 Å². The van der Waals surface area contributed by atoms with E-state index in [2.05, 4.69) is 9.97 Å². The van der Waals surface area contributed by atoms with Gasteiger partial charge in [-0.05, 0) is 30.2 Å². The molecule has 1 aliphatic rings. The standard InChI is InChI=1S/C14H10N2O2/c1-2-8-6-10-12(16-7-8)14(18)11-9(13(10)17)4-3-5-15-11/h3-7H,2H2,1H3. The highest BCUT2D eigenvalue weighted by atomic mass is 16.1. The Morgan fingerprint density at radius 2 is 1.83 bits per heavy atom. The quantitative estimate of drug-likeness (QED) is 0.648. The van der Waals surface area contributed by atoms with E-state index in [9.17, 15) is 9.59 Å². The number of carbonyl (C=O) groups excluding carboxylic acids is 2. The third-order valence-corrected chi connectivity index (χ3v) is 3.08. The molecule has 0 radical (unpaired) electrons. The van der Waals surface area contributed by atoms with Gasteiger partial charge in [-0.25, -0.2) is 0 Å². The first-order valence-corrected chi connectivity index (χ1v) is 5.75. The van der Waals surface area contributed by atoms with Crippen molar-refractivity contribution in [2.24, 2.45) is 0 Å². The Morgan fingerprint density at radius 1 is 1.06 bits per heavy atom. The minimum absolute atomic E-state index is 0.171. The van der Waals surface area contributed by atoms with Crippen LogP contribution in [0.25, 0.3) is 0 Å². The third-order valence-electron chi connectivity index (χ3n) is 3.08. The predicted molar refractivity (Wildman–Crippen MR) is 64.7 cm³/mol. The van der Waals surface area contributed by atoms with Crippen molar-refractivity contribution in [2.75, 3.05) is 0 Å². The van der Waals surface area contributed by atoms with Gasteiger partial charge in [0.1, 0.15) is 11.4 Å². The Labute approximate surface area is 104 Å². The maximum atomic E-state index is 12.3. The smallest absolute Gasteiger partial charge is 0.231 e. The molecule has 1 aliphatic carbocycles. The second-order valence-corrected chi connectivity index (χ2v) is 4.15. The van der Waals surface area contributed by atoms with Crippen LogP contribution in [0, 0.1) is 0 Å². The molecular weight excluding hydrogens is 228 g/mol. The molecule has 0 spiro atoms. The highest BCUT2D eigenvalue weighted by Gasteiger charge is 2.31. The lowest BCUT2D eigenvalue weighted by molar-refractivity contribution is 0.0971. The van der Waals surface area contributed by atoms with Crippen LogP contribution in [0.15, 0.2) is 30.6 Å². The molecule has 18 heavy (non-hydrogen) atoms. The highest BCUT2D eigenvalue weighted by molar-refractivity contribution is 6.26. The maximum absolute atomic E-state index is 12.3. The van der Waals surface area contributed by atoms with Crippen molar-refractivity contribution < 1.29 is 9.59 Å². The average molecular weight is 238 g/mol. The van der Waals surface area contributed by atoms with Crippen molar-refractivity contribution in [1.82, 2.24) is 9.97 Å². The lowest BCUT2D eigenvalue weighted by Gasteiger charge is -2.15. The van der Waals surface area contributed by atoms with Crippen molar-refractivity contribution in [2.45, 2.75) is 13.3 Å². The zero-order valence-electron chi connectivity index (χ0n) is 9.80. The summed E-state index contributed by atoms with van der Waals surface area (Å²) in [5, 5.41) is 0. The fourth-order valence-corrected chi connectivity index (χ4v) is 2.08. The number of aryl methyl sites for hydroxylation is 1. The first-order valence-electron chi connectivity index (χ1n) is 5.75. The van der Waals surface area contributed by atoms with E-state index in [0.717, 1.165) is 12.0 Å². The van der Waals surface area contributed by atoms with Gasteiger partial charge in [0.25, 0.3) is 0 Å². The average Bonchev–Trinajstić information content (AvgIpc) is 2.44. The summed E-state index contributed by atoms with van der Waals surface area (Å²) in [6.45, 7) is 1.98. The molecule has 3 rings (SSSR count). The number of carbonyl (C=O) groups is 2. The lowest BCUT2D eigenvalue weighted by atomic mass is 9.89. The second-order valence-electron chi connectivity index (χ2n) is 4.15. The minimum atomic E-state index is -0.275. The fourth-order valence-electron chi connectivity index (χ4n) is 2.08. The number of nitrogens with zero attached hydrogens (tertiary/aromatic N) is 2. The van der Waals surface area contributed by atoms with Crippen molar-refractivity contribution in [3.05, 3.63) is 58.7 Å². The summed E-state index contributed by atoms with van der Waals surface area (Å²) in [4.78, 5) is 32.6. The normalized spacial score (nSPS) is 13.2. The van der Waals surface area contributed by atoms with Crippen LogP contribution in [0.4, 0.5) is 0 Å². The summed E-state index contributed by atoms with van der Waals surface area (Å²) in [6.07, 6.45) is 3.93. The second kappa shape index (κ2) is 3.84. The maximum Gasteiger partial charge on any atom is 0.231 e. The van der Waals surface area contributed by atoms with Gasteiger partial charge in [-0.3, -0.25) is 19.6 Å². The Bertz CT molecular complexity index is 677. The van der Waals surface area contributed by atoms with Crippen LogP contribution >= 0.6 is 0 Å². The molecule has 0 saturated carbocycles. The summed E-state index contributed by atoms with van der Waals surface area (Å²) in [6, 6.07) is 5.04. The lowest BCUT2D eigenvalue weighted by Crippen LogP contribution is -2.23. The van der Waals surface area contributed by atoms with Crippen molar-refractivity contribution >= 4 is 11.6 Å². The Balaban J connectivity index is 2.27. The zero-order valence-corrected chi connectivity index (χ0v) is 9.80. The summed E-state index contributed by atoms with van der Waals surface area (Å²) in [5.41, 5.74) is 2.11. The summed E-state index contributed by atoms with van der Waals surface area (Å²) in [7, 11) is 0. The van der Waals surface area contributed by atoms with Crippen LogP contribution in [0.1, 0.15) is 44.6 Å². The summed E-state index contributed by atoms with van der Waals surface area (Å²) < 4.78 is 0. The van der Waals surface area contributed by atoms with Crippen LogP contribution in [-0.2, 0) is 6.42 Å². The molecule has 2 aromatic rings. The topological polar surface area (TPSA) is 59.9 Å². The van der Waals surface area contributed by atoms with E-state index in [4.69, 9.17) is 0 Å². The number of aromatic nitrogens is 2. The number of rotatable bonds is 1. The van der Waals surface area contributed by atoms with Gasteiger partial charge in [-0.15, -0.1) is 0 Å². The minimum Gasteiger partial charge on any atom is -0.288 e. The molecule has 2 aromatic heterocycles. The van der Waals surface area contributed by atoms with E-state index in [0.29, 0.717) is 11.1 Å². The van der Waals surface area contributed by atoms with Crippen LogP contribution in [0.2, 0.25) is 0 Å². The molecular formula is C14H10N2O2. The molecule has 0 aliphatic heterocycles. The first kappa shape index (κ1) is 10.8. The molecule has 4 nitrogen and oxygen atoms in total. The van der Waals surface area contributed by atoms with Gasteiger partial charge in [0.05, 0.1) is 11.1 Å². The van der Waals surface area contributed by atoms with Gasteiger partial charge in [0.15, 0.2) is 5.78 Å². The predicted octanol–water partition coefficient (Wildman–Crippen LogP) is 1.81. The van der Waals surface area contributed by atoms with E-state index in [1.165, 1.54) is 6.20 Å².